The van der Waals surface area contributed by atoms with E-state index >= 15 is 0 Å². The van der Waals surface area contributed by atoms with Crippen molar-refractivity contribution in [1.29, 1.82) is 0 Å². The van der Waals surface area contributed by atoms with Gasteiger partial charge in [-0.25, -0.2) is 0 Å². The van der Waals surface area contributed by atoms with Crippen molar-refractivity contribution >= 4 is 17.3 Å². The molecule has 0 radical (unpaired) electrons. The number of hydrogen-bond acceptors (Lipinski definition) is 3. The Kier molecular flexibility index (Phi) is 6.69. The summed E-state index contributed by atoms with van der Waals surface area (Å²) >= 11 is 1.72. The second-order valence-electron chi connectivity index (χ2n) is 5.34. The van der Waals surface area contributed by atoms with E-state index in [0.717, 1.165) is 5.56 Å². The van der Waals surface area contributed by atoms with Crippen molar-refractivity contribution in [1.82, 2.24) is 10.6 Å². The number of alkyl halides is 3. The normalized spacial score (nSPS) is 12.1. The zero-order valence-electron chi connectivity index (χ0n) is 14.0. The first kappa shape index (κ1) is 19.1. The molecule has 1 aromatic carbocycles. The Bertz CT molecular complexity index is 696. The van der Waals surface area contributed by atoms with Crippen LogP contribution < -0.4 is 15.4 Å². The Morgan fingerprint density at radius 2 is 1.76 bits per heavy atom. The molecule has 0 amide bonds. The first-order valence-electron chi connectivity index (χ1n) is 7.64. The quantitative estimate of drug-likeness (QED) is 0.599. The third-order valence-corrected chi connectivity index (χ3v) is 4.24. The number of benzene rings is 1. The topological polar surface area (TPSA) is 45.7 Å². The Morgan fingerprint density at radius 3 is 2.32 bits per heavy atom. The summed E-state index contributed by atoms with van der Waals surface area (Å²) in [5.41, 5.74) is 0.911. The van der Waals surface area contributed by atoms with Gasteiger partial charge in [-0.2, -0.15) is 13.2 Å². The summed E-state index contributed by atoms with van der Waals surface area (Å²) in [6, 6.07) is 10.6. The highest BCUT2D eigenvalue weighted by atomic mass is 32.1. The van der Waals surface area contributed by atoms with Gasteiger partial charge in [0.2, 0.25) is 0 Å². The van der Waals surface area contributed by atoms with Crippen LogP contribution in [0.3, 0.4) is 0 Å². The fraction of sp³-hybridized carbons (Fsp3) is 0.353. The van der Waals surface area contributed by atoms with Crippen LogP contribution in [0, 0.1) is 6.92 Å². The molecule has 2 aromatic rings. The van der Waals surface area contributed by atoms with E-state index in [2.05, 4.69) is 39.4 Å². The number of nitrogens with zero attached hydrogens (tertiary/aromatic N) is 1. The van der Waals surface area contributed by atoms with E-state index < -0.39 is 12.8 Å². The number of nitrogens with one attached hydrogen (secondary N) is 2. The summed E-state index contributed by atoms with van der Waals surface area (Å²) in [5.74, 6) is 0.847. The molecule has 0 spiro atoms. The maximum absolute atomic E-state index is 12.1. The van der Waals surface area contributed by atoms with Crippen molar-refractivity contribution in [2.45, 2.75) is 26.2 Å². The lowest BCUT2D eigenvalue weighted by Crippen LogP contribution is -2.36. The average Bonchev–Trinajstić information content (AvgIpc) is 2.99. The fourth-order valence-electron chi connectivity index (χ4n) is 2.03. The number of thiophene rings is 1. The Morgan fingerprint density at radius 1 is 1.08 bits per heavy atom. The van der Waals surface area contributed by atoms with E-state index in [-0.39, 0.29) is 5.75 Å². The molecule has 1 aromatic heterocycles. The molecule has 2 rings (SSSR count). The lowest BCUT2D eigenvalue weighted by molar-refractivity contribution is -0.153. The van der Waals surface area contributed by atoms with Crippen LogP contribution in [0.1, 0.15) is 15.3 Å². The van der Waals surface area contributed by atoms with Crippen LogP contribution in [0.5, 0.6) is 5.75 Å². The number of hydrogen-bond donors (Lipinski definition) is 2. The molecule has 0 aliphatic carbocycles. The molecular formula is C17H20F3N3OS. The zero-order valence-corrected chi connectivity index (χ0v) is 14.8. The van der Waals surface area contributed by atoms with E-state index in [1.807, 2.05) is 0 Å². The number of guanidine groups is 1. The minimum absolute atomic E-state index is 0.191. The van der Waals surface area contributed by atoms with Crippen molar-refractivity contribution in [3.63, 3.8) is 0 Å². The Labute approximate surface area is 148 Å². The third kappa shape index (κ3) is 7.04. The maximum atomic E-state index is 12.1. The van der Waals surface area contributed by atoms with E-state index in [9.17, 15) is 13.2 Å². The van der Waals surface area contributed by atoms with Crippen LogP contribution in [-0.2, 0) is 13.1 Å². The molecule has 0 bridgehead atoms. The molecule has 0 aliphatic heterocycles. The Hall–Kier alpha value is -2.22. The van der Waals surface area contributed by atoms with E-state index in [1.54, 1.807) is 30.5 Å². The SMILES string of the molecule is CN=C(NCc1ccc(OCC(F)(F)F)cc1)NCc1ccc(C)s1. The van der Waals surface area contributed by atoms with Gasteiger partial charge in [0.1, 0.15) is 5.75 Å². The first-order valence-corrected chi connectivity index (χ1v) is 8.46. The molecule has 0 fully saturated rings. The van der Waals surface area contributed by atoms with Gasteiger partial charge in [0.05, 0.1) is 6.54 Å². The molecule has 4 nitrogen and oxygen atoms in total. The van der Waals surface area contributed by atoms with Crippen molar-refractivity contribution in [2.24, 2.45) is 4.99 Å². The largest absolute Gasteiger partial charge is 0.484 e. The van der Waals surface area contributed by atoms with Crippen molar-refractivity contribution in [2.75, 3.05) is 13.7 Å². The van der Waals surface area contributed by atoms with Gasteiger partial charge in [-0.15, -0.1) is 11.3 Å². The minimum Gasteiger partial charge on any atom is -0.484 e. The van der Waals surface area contributed by atoms with Crippen molar-refractivity contribution < 1.29 is 17.9 Å². The molecular weight excluding hydrogens is 351 g/mol. The third-order valence-electron chi connectivity index (χ3n) is 3.24. The molecule has 0 unspecified atom stereocenters. The summed E-state index contributed by atoms with van der Waals surface area (Å²) in [6.45, 7) is 1.96. The summed E-state index contributed by atoms with van der Waals surface area (Å²) < 4.78 is 41.0. The standard InChI is InChI=1S/C17H20F3N3OS/c1-12-3-8-15(25-12)10-23-16(21-2)22-9-13-4-6-14(7-5-13)24-11-17(18,19)20/h3-8H,9-11H2,1-2H3,(H2,21,22,23). The highest BCUT2D eigenvalue weighted by molar-refractivity contribution is 7.11. The highest BCUT2D eigenvalue weighted by Crippen LogP contribution is 2.19. The molecule has 0 saturated heterocycles. The second-order valence-corrected chi connectivity index (χ2v) is 6.71. The number of aryl methyl sites for hydroxylation is 1. The van der Waals surface area contributed by atoms with Gasteiger partial charge in [-0.1, -0.05) is 12.1 Å². The number of rotatable bonds is 6. The van der Waals surface area contributed by atoms with Gasteiger partial charge in [0.25, 0.3) is 0 Å². The monoisotopic (exact) mass is 371 g/mol. The summed E-state index contributed by atoms with van der Waals surface area (Å²) in [6.07, 6.45) is -4.33. The van der Waals surface area contributed by atoms with E-state index in [1.165, 1.54) is 21.9 Å². The van der Waals surface area contributed by atoms with Crippen LogP contribution in [0.15, 0.2) is 41.4 Å². The van der Waals surface area contributed by atoms with E-state index in [0.29, 0.717) is 19.0 Å². The number of aliphatic imine (C=N–C) groups is 1. The first-order chi connectivity index (χ1) is 11.9. The molecule has 136 valence electrons. The number of halogens is 3. The molecule has 0 aliphatic rings. The second kappa shape index (κ2) is 8.75. The molecule has 8 heteroatoms. The predicted octanol–water partition coefficient (Wildman–Crippen LogP) is 3.86. The lowest BCUT2D eigenvalue weighted by atomic mass is 10.2. The summed E-state index contributed by atoms with van der Waals surface area (Å²) in [7, 11) is 1.68. The minimum atomic E-state index is -4.33. The fourth-order valence-corrected chi connectivity index (χ4v) is 2.86. The van der Waals surface area contributed by atoms with Crippen LogP contribution in [0.4, 0.5) is 13.2 Å². The smallest absolute Gasteiger partial charge is 0.422 e. The lowest BCUT2D eigenvalue weighted by Gasteiger charge is -2.12. The van der Waals surface area contributed by atoms with Gasteiger partial charge in [0, 0.05) is 23.3 Å². The van der Waals surface area contributed by atoms with Gasteiger partial charge in [0.15, 0.2) is 12.6 Å². The van der Waals surface area contributed by atoms with Gasteiger partial charge in [-0.3, -0.25) is 4.99 Å². The predicted molar refractivity (Wildman–Crippen MR) is 94.1 cm³/mol. The van der Waals surface area contributed by atoms with Crippen LogP contribution >= 0.6 is 11.3 Å². The zero-order chi connectivity index (χ0) is 18.3. The van der Waals surface area contributed by atoms with Gasteiger partial charge in [-0.05, 0) is 36.8 Å². The molecule has 25 heavy (non-hydrogen) atoms. The van der Waals surface area contributed by atoms with Crippen LogP contribution in [0.2, 0.25) is 0 Å². The number of ether oxygens (including phenoxy) is 1. The maximum Gasteiger partial charge on any atom is 0.422 e. The van der Waals surface area contributed by atoms with Gasteiger partial charge < -0.3 is 15.4 Å². The van der Waals surface area contributed by atoms with Crippen LogP contribution in [0.25, 0.3) is 0 Å². The molecule has 0 saturated carbocycles. The molecule has 2 N–H and O–H groups in total. The molecule has 1 heterocycles. The van der Waals surface area contributed by atoms with Crippen molar-refractivity contribution in [3.05, 3.63) is 51.7 Å². The van der Waals surface area contributed by atoms with Crippen molar-refractivity contribution in [3.8, 4) is 5.75 Å². The summed E-state index contributed by atoms with van der Waals surface area (Å²) in [5, 5.41) is 6.38. The van der Waals surface area contributed by atoms with E-state index in [4.69, 9.17) is 0 Å². The van der Waals surface area contributed by atoms with Crippen LogP contribution in [-0.4, -0.2) is 25.8 Å². The van der Waals surface area contributed by atoms with Gasteiger partial charge >= 0.3 is 6.18 Å². The summed E-state index contributed by atoms with van der Waals surface area (Å²) in [4.78, 5) is 6.62. The highest BCUT2D eigenvalue weighted by Gasteiger charge is 2.28. The average molecular weight is 371 g/mol. The Balaban J connectivity index is 1.78. The molecule has 0 atom stereocenters.